The number of thiazole rings is 1. The number of hydrogen-bond donors (Lipinski definition) is 3. The van der Waals surface area contributed by atoms with Gasteiger partial charge in [-0.2, -0.15) is 4.98 Å². The molecule has 8 nitrogen and oxygen atoms in total. The summed E-state index contributed by atoms with van der Waals surface area (Å²) >= 11 is 1.63. The van der Waals surface area contributed by atoms with Crippen molar-refractivity contribution in [2.45, 2.75) is 85.9 Å². The number of aryl methyl sites for hydroxylation is 2. The molecular weight excluding hydrogens is 472 g/mol. The molecule has 1 unspecified atom stereocenters. The molecule has 0 aromatic carbocycles. The van der Waals surface area contributed by atoms with Crippen molar-refractivity contribution in [2.24, 2.45) is 5.92 Å². The van der Waals surface area contributed by atoms with Crippen molar-refractivity contribution < 1.29 is 9.84 Å². The molecule has 0 spiro atoms. The predicted molar refractivity (Wildman–Crippen MR) is 150 cm³/mol. The highest BCUT2D eigenvalue weighted by Gasteiger charge is 2.31. The minimum Gasteiger partial charge on any atom is -0.390 e. The molecular formula is C27H42N6O2S. The van der Waals surface area contributed by atoms with Crippen molar-refractivity contribution in [2.75, 3.05) is 30.3 Å². The first kappa shape index (κ1) is 28.2. The van der Waals surface area contributed by atoms with Gasteiger partial charge in [-0.1, -0.05) is 27.2 Å². The predicted octanol–water partition coefficient (Wildman–Crippen LogP) is 5.98. The van der Waals surface area contributed by atoms with Crippen LogP contribution in [0.2, 0.25) is 0 Å². The Morgan fingerprint density at radius 2 is 1.78 bits per heavy atom. The van der Waals surface area contributed by atoms with E-state index in [4.69, 9.17) is 19.7 Å². The number of fused-ring (bicyclic) bond motifs is 1. The summed E-state index contributed by atoms with van der Waals surface area (Å²) < 4.78 is 6.74. The highest BCUT2D eigenvalue weighted by molar-refractivity contribution is 7.21. The fourth-order valence-corrected chi connectivity index (χ4v) is 5.74. The van der Waals surface area contributed by atoms with Gasteiger partial charge >= 0.3 is 0 Å². The van der Waals surface area contributed by atoms with Gasteiger partial charge in [-0.05, 0) is 58.9 Å². The van der Waals surface area contributed by atoms with Gasteiger partial charge in [-0.25, -0.2) is 9.97 Å². The Balaban J connectivity index is 1.89. The largest absolute Gasteiger partial charge is 0.390 e. The van der Waals surface area contributed by atoms with E-state index in [1.165, 1.54) is 0 Å². The molecule has 0 aliphatic rings. The van der Waals surface area contributed by atoms with E-state index >= 15 is 0 Å². The number of nitrogens with zero attached hydrogens (tertiary/aromatic N) is 4. The van der Waals surface area contributed by atoms with Crippen molar-refractivity contribution >= 4 is 33.3 Å². The van der Waals surface area contributed by atoms with Gasteiger partial charge in [0, 0.05) is 19.3 Å². The maximum absolute atomic E-state index is 11.1. The lowest BCUT2D eigenvalue weighted by Gasteiger charge is -2.34. The Labute approximate surface area is 219 Å². The zero-order chi connectivity index (χ0) is 26.3. The molecule has 0 aliphatic heterocycles. The molecule has 0 radical (unpaired) electrons. The highest BCUT2D eigenvalue weighted by Crippen LogP contribution is 2.37. The van der Waals surface area contributed by atoms with Gasteiger partial charge in [-0.15, -0.1) is 11.3 Å². The quantitative estimate of drug-likeness (QED) is 0.226. The average molecular weight is 515 g/mol. The second-order valence-corrected chi connectivity index (χ2v) is 10.6. The van der Waals surface area contributed by atoms with Crippen LogP contribution in [0.3, 0.4) is 0 Å². The van der Waals surface area contributed by atoms with E-state index in [0.29, 0.717) is 25.6 Å². The van der Waals surface area contributed by atoms with Crippen molar-refractivity contribution in [3.8, 4) is 10.6 Å². The average Bonchev–Trinajstić information content (AvgIpc) is 3.29. The van der Waals surface area contributed by atoms with Gasteiger partial charge in [0.25, 0.3) is 0 Å². The number of aliphatic hydroxyl groups is 1. The number of rotatable bonds is 14. The van der Waals surface area contributed by atoms with Gasteiger partial charge in [0.1, 0.15) is 16.3 Å². The van der Waals surface area contributed by atoms with E-state index in [-0.39, 0.29) is 12.0 Å². The molecule has 0 aliphatic carbocycles. The van der Waals surface area contributed by atoms with Crippen LogP contribution in [-0.4, -0.2) is 56.4 Å². The second-order valence-electron chi connectivity index (χ2n) is 9.60. The van der Waals surface area contributed by atoms with Crippen LogP contribution in [0.4, 0.5) is 11.8 Å². The minimum atomic E-state index is -0.637. The fourth-order valence-electron chi connectivity index (χ4n) is 4.63. The standard InChI is InChI=1S/C27H42N6O2S/c1-8-20(27(34,9-2)10-3)11-13-29-24-22(25-32-23-19(7)28-14-12-21(23)36-25)18(6)31-26(33-24)30-15-16-35-17(4)5/h12,14,17,20,34H,8-11,13,15-16H2,1-7H3,(H2,29,30,31,33). The van der Waals surface area contributed by atoms with E-state index in [1.54, 1.807) is 11.3 Å². The lowest BCUT2D eigenvalue weighted by atomic mass is 9.79. The number of nitrogens with one attached hydrogen (secondary N) is 2. The van der Waals surface area contributed by atoms with Gasteiger partial charge < -0.3 is 20.5 Å². The van der Waals surface area contributed by atoms with Crippen LogP contribution in [0, 0.1) is 19.8 Å². The van der Waals surface area contributed by atoms with Gasteiger partial charge in [0.05, 0.1) is 40.0 Å². The van der Waals surface area contributed by atoms with Gasteiger partial charge in [0.15, 0.2) is 0 Å². The molecule has 0 bridgehead atoms. The third-order valence-corrected chi connectivity index (χ3v) is 7.93. The molecule has 3 aromatic rings. The number of aromatic nitrogens is 4. The molecule has 3 aromatic heterocycles. The molecule has 0 saturated heterocycles. The van der Waals surface area contributed by atoms with E-state index in [2.05, 4.69) is 36.4 Å². The summed E-state index contributed by atoms with van der Waals surface area (Å²) in [5, 5.41) is 18.8. The highest BCUT2D eigenvalue weighted by atomic mass is 32.1. The normalized spacial score (nSPS) is 12.9. The number of pyridine rings is 1. The first-order valence-electron chi connectivity index (χ1n) is 13.1. The van der Waals surface area contributed by atoms with Crippen molar-refractivity contribution in [1.29, 1.82) is 0 Å². The minimum absolute atomic E-state index is 0.183. The van der Waals surface area contributed by atoms with Crippen LogP contribution in [0.1, 0.15) is 71.7 Å². The maximum atomic E-state index is 11.1. The van der Waals surface area contributed by atoms with Gasteiger partial charge in [0.2, 0.25) is 5.95 Å². The molecule has 36 heavy (non-hydrogen) atoms. The van der Waals surface area contributed by atoms with Crippen molar-refractivity contribution in [1.82, 2.24) is 19.9 Å². The molecule has 3 N–H and O–H groups in total. The molecule has 3 heterocycles. The van der Waals surface area contributed by atoms with Crippen LogP contribution in [0.15, 0.2) is 12.3 Å². The molecule has 3 rings (SSSR count). The summed E-state index contributed by atoms with van der Waals surface area (Å²) in [6, 6.07) is 2.00. The van der Waals surface area contributed by atoms with Gasteiger partial charge in [-0.3, -0.25) is 4.98 Å². The smallest absolute Gasteiger partial charge is 0.224 e. The van der Waals surface area contributed by atoms with Crippen LogP contribution < -0.4 is 10.6 Å². The molecule has 9 heteroatoms. The summed E-state index contributed by atoms with van der Waals surface area (Å²) in [6.45, 7) is 16.2. The van der Waals surface area contributed by atoms with Crippen molar-refractivity contribution in [3.63, 3.8) is 0 Å². The number of ether oxygens (including phenoxy) is 1. The molecule has 0 fully saturated rings. The lowest BCUT2D eigenvalue weighted by Crippen LogP contribution is -2.37. The third-order valence-electron chi connectivity index (χ3n) is 6.89. The Kier molecular flexibility index (Phi) is 9.99. The zero-order valence-electron chi connectivity index (χ0n) is 22.8. The van der Waals surface area contributed by atoms with Crippen LogP contribution in [-0.2, 0) is 4.74 Å². The number of anilines is 2. The van der Waals surface area contributed by atoms with E-state index < -0.39 is 5.60 Å². The van der Waals surface area contributed by atoms with Crippen LogP contribution in [0.25, 0.3) is 20.8 Å². The molecule has 0 saturated carbocycles. The zero-order valence-corrected chi connectivity index (χ0v) is 23.6. The summed E-state index contributed by atoms with van der Waals surface area (Å²) in [7, 11) is 0. The van der Waals surface area contributed by atoms with Crippen LogP contribution in [0.5, 0.6) is 0 Å². The Hall–Kier alpha value is -2.36. The Morgan fingerprint density at radius 1 is 1.03 bits per heavy atom. The summed E-state index contributed by atoms with van der Waals surface area (Å²) in [5.74, 6) is 1.54. The topological polar surface area (TPSA) is 105 Å². The van der Waals surface area contributed by atoms with E-state index in [0.717, 1.165) is 63.7 Å². The van der Waals surface area contributed by atoms with E-state index in [1.807, 2.05) is 40.0 Å². The summed E-state index contributed by atoms with van der Waals surface area (Å²) in [6.07, 6.45) is 5.30. The number of hydrogen-bond acceptors (Lipinski definition) is 9. The fraction of sp³-hybridized carbons (Fsp3) is 0.630. The maximum Gasteiger partial charge on any atom is 0.224 e. The molecule has 0 amide bonds. The third kappa shape index (κ3) is 6.69. The molecule has 1 atom stereocenters. The monoisotopic (exact) mass is 514 g/mol. The first-order valence-corrected chi connectivity index (χ1v) is 14.0. The SMILES string of the molecule is CCC(CCNc1nc(NCCOC(C)C)nc(C)c1-c1nc2c(C)nccc2s1)C(O)(CC)CC. The lowest BCUT2D eigenvalue weighted by molar-refractivity contribution is -0.0293. The Morgan fingerprint density at radius 3 is 2.42 bits per heavy atom. The first-order chi connectivity index (χ1) is 17.2. The summed E-state index contributed by atoms with van der Waals surface area (Å²) in [4.78, 5) is 18.9. The van der Waals surface area contributed by atoms with Crippen molar-refractivity contribution in [3.05, 3.63) is 23.7 Å². The van der Waals surface area contributed by atoms with E-state index in [9.17, 15) is 5.11 Å². The summed E-state index contributed by atoms with van der Waals surface area (Å²) in [5.41, 5.74) is 2.96. The molecule has 198 valence electrons. The second kappa shape index (κ2) is 12.7. The van der Waals surface area contributed by atoms with Crippen LogP contribution >= 0.6 is 11.3 Å². The Bertz CT molecular complexity index is 1130.